The largest absolute Gasteiger partial charge is 0.351 e. The number of nitrogens with one attached hydrogen (secondary N) is 3. The molecule has 0 bridgehead atoms. The van der Waals surface area contributed by atoms with Crippen LogP contribution < -0.4 is 16.0 Å². The second-order valence-corrected chi connectivity index (χ2v) is 6.42. The number of hydrogen-bond donors (Lipinski definition) is 3. The first-order valence-corrected chi connectivity index (χ1v) is 9.04. The fourth-order valence-corrected chi connectivity index (χ4v) is 2.61. The number of benzene rings is 2. The Bertz CT molecular complexity index is 680. The van der Waals surface area contributed by atoms with E-state index in [4.69, 9.17) is 0 Å². The molecular weight excluding hydrogens is 389 g/mol. The van der Waals surface area contributed by atoms with Gasteiger partial charge in [-0.15, -0.1) is 9.24 Å². The predicted octanol–water partition coefficient (Wildman–Crippen LogP) is 3.13. The molecule has 0 radical (unpaired) electrons. The molecule has 2 aromatic carbocycles. The van der Waals surface area contributed by atoms with Crippen molar-refractivity contribution in [3.8, 4) is 0 Å². The number of amides is 3. The van der Waals surface area contributed by atoms with E-state index in [1.807, 2.05) is 42.5 Å². The van der Waals surface area contributed by atoms with Crippen molar-refractivity contribution in [3.05, 3.63) is 64.6 Å². The van der Waals surface area contributed by atoms with E-state index in [0.717, 1.165) is 10.0 Å². The lowest BCUT2D eigenvalue weighted by Gasteiger charge is -2.18. The highest BCUT2D eigenvalue weighted by Gasteiger charge is 2.20. The number of carbonyl (C=O) groups excluding carboxylic acids is 2. The van der Waals surface area contributed by atoms with Crippen molar-refractivity contribution in [1.29, 1.82) is 0 Å². The van der Waals surface area contributed by atoms with Gasteiger partial charge in [0.1, 0.15) is 6.04 Å². The molecule has 2 rings (SSSR count). The van der Waals surface area contributed by atoms with Gasteiger partial charge in [0.05, 0.1) is 0 Å². The van der Waals surface area contributed by atoms with Crippen LogP contribution in [0.3, 0.4) is 0 Å². The fraction of sp³-hybridized carbons (Fsp3) is 0.176. The number of carbonyl (C=O) groups is 2. The van der Waals surface area contributed by atoms with E-state index >= 15 is 0 Å². The van der Waals surface area contributed by atoms with E-state index in [0.29, 0.717) is 18.4 Å². The van der Waals surface area contributed by atoms with E-state index in [2.05, 4.69) is 41.1 Å². The molecule has 24 heavy (non-hydrogen) atoms. The van der Waals surface area contributed by atoms with Gasteiger partial charge in [0.15, 0.2) is 0 Å². The Morgan fingerprint density at radius 2 is 1.71 bits per heavy atom. The summed E-state index contributed by atoms with van der Waals surface area (Å²) in [5.74, 6) is -0.222. The maximum atomic E-state index is 12.2. The van der Waals surface area contributed by atoms with Crippen LogP contribution in [0.2, 0.25) is 0 Å². The van der Waals surface area contributed by atoms with Gasteiger partial charge >= 0.3 is 6.03 Å². The average molecular weight is 408 g/mol. The Kier molecular flexibility index (Phi) is 7.22. The molecule has 1 unspecified atom stereocenters. The van der Waals surface area contributed by atoms with Crippen LogP contribution in [-0.4, -0.2) is 24.3 Å². The topological polar surface area (TPSA) is 70.2 Å². The molecule has 0 fully saturated rings. The summed E-state index contributed by atoms with van der Waals surface area (Å²) in [4.78, 5) is 24.4. The highest BCUT2D eigenvalue weighted by atomic mass is 79.9. The first kappa shape index (κ1) is 18.4. The Balaban J connectivity index is 2.02. The van der Waals surface area contributed by atoms with Crippen LogP contribution in [0, 0.1) is 0 Å². The maximum Gasteiger partial charge on any atom is 0.319 e. The quantitative estimate of drug-likeness (QED) is 0.643. The highest BCUT2D eigenvalue weighted by Crippen LogP contribution is 2.14. The summed E-state index contributed by atoms with van der Waals surface area (Å²) >= 11 is 3.34. The Labute approximate surface area is 151 Å². The van der Waals surface area contributed by atoms with Gasteiger partial charge in [0.2, 0.25) is 5.91 Å². The Morgan fingerprint density at radius 1 is 1.04 bits per heavy atom. The van der Waals surface area contributed by atoms with E-state index in [1.54, 1.807) is 12.1 Å². The average Bonchev–Trinajstić information content (AvgIpc) is 2.57. The summed E-state index contributed by atoms with van der Waals surface area (Å²) in [7, 11) is 2.43. The minimum atomic E-state index is -0.650. The van der Waals surface area contributed by atoms with Crippen molar-refractivity contribution in [2.75, 3.05) is 11.6 Å². The number of hydrogen-bond acceptors (Lipinski definition) is 2. The zero-order chi connectivity index (χ0) is 17.4. The van der Waals surface area contributed by atoms with Gasteiger partial charge in [-0.25, -0.2) is 4.79 Å². The van der Waals surface area contributed by atoms with E-state index in [1.165, 1.54) is 0 Å². The molecule has 3 N–H and O–H groups in total. The molecule has 0 aliphatic heterocycles. The highest BCUT2D eigenvalue weighted by molar-refractivity contribution is 9.10. The zero-order valence-corrected chi connectivity index (χ0v) is 15.7. The summed E-state index contributed by atoms with van der Waals surface area (Å²) in [6.45, 7) is 0. The van der Waals surface area contributed by atoms with Gasteiger partial charge in [-0.3, -0.25) is 4.79 Å². The molecular formula is C17H19BrN3O2P. The van der Waals surface area contributed by atoms with Gasteiger partial charge in [-0.05, 0) is 29.8 Å². The summed E-state index contributed by atoms with van der Waals surface area (Å²) < 4.78 is 0.926. The monoisotopic (exact) mass is 407 g/mol. The predicted molar refractivity (Wildman–Crippen MR) is 103 cm³/mol. The van der Waals surface area contributed by atoms with Crippen molar-refractivity contribution in [2.24, 2.45) is 0 Å². The van der Waals surface area contributed by atoms with Crippen LogP contribution in [0.15, 0.2) is 59.1 Å². The van der Waals surface area contributed by atoms with Gasteiger partial charge in [0.25, 0.3) is 0 Å². The minimum absolute atomic E-state index is 0.222. The molecule has 7 heteroatoms. The second kappa shape index (κ2) is 9.40. The third-order valence-electron chi connectivity index (χ3n) is 3.28. The minimum Gasteiger partial charge on any atom is -0.351 e. The van der Waals surface area contributed by atoms with Crippen LogP contribution in [0.25, 0.3) is 0 Å². The molecule has 0 aliphatic rings. The van der Waals surface area contributed by atoms with Crippen LogP contribution in [0.1, 0.15) is 5.56 Å². The molecule has 126 valence electrons. The summed E-state index contributed by atoms with van der Waals surface area (Å²) in [6.07, 6.45) is 0.852. The van der Waals surface area contributed by atoms with Crippen LogP contribution in [-0.2, 0) is 11.2 Å². The lowest BCUT2D eigenvalue weighted by molar-refractivity contribution is -0.122. The van der Waals surface area contributed by atoms with E-state index in [9.17, 15) is 9.59 Å². The molecule has 2 atom stereocenters. The molecule has 3 amide bonds. The summed E-state index contributed by atoms with van der Waals surface area (Å²) in [6, 6.07) is 15.7. The molecule has 0 saturated carbocycles. The van der Waals surface area contributed by atoms with Gasteiger partial charge in [0, 0.05) is 22.9 Å². The van der Waals surface area contributed by atoms with Crippen molar-refractivity contribution >= 4 is 42.8 Å². The molecule has 0 saturated heterocycles. The normalized spacial score (nSPS) is 11.4. The Hall–Kier alpha value is -1.91. The number of urea groups is 1. The fourth-order valence-electron chi connectivity index (χ4n) is 2.14. The lowest BCUT2D eigenvalue weighted by atomic mass is 10.1. The maximum absolute atomic E-state index is 12.2. The van der Waals surface area contributed by atoms with Crippen LogP contribution in [0.4, 0.5) is 10.5 Å². The lowest BCUT2D eigenvalue weighted by Crippen LogP contribution is -2.49. The second-order valence-electron chi connectivity index (χ2n) is 5.09. The zero-order valence-electron chi connectivity index (χ0n) is 13.0. The first-order chi connectivity index (χ1) is 11.6. The molecule has 0 aliphatic carbocycles. The molecule has 0 spiro atoms. The summed E-state index contributed by atoms with van der Waals surface area (Å²) in [5.41, 5.74) is 1.63. The van der Waals surface area contributed by atoms with Gasteiger partial charge in [-0.2, -0.15) is 0 Å². The van der Waals surface area contributed by atoms with Crippen molar-refractivity contribution in [3.63, 3.8) is 0 Å². The molecule has 2 aromatic rings. The van der Waals surface area contributed by atoms with Crippen LogP contribution >= 0.6 is 25.2 Å². The van der Waals surface area contributed by atoms with Gasteiger partial charge in [-0.1, -0.05) is 46.3 Å². The first-order valence-electron chi connectivity index (χ1n) is 7.43. The number of halogens is 1. The Morgan fingerprint density at radius 3 is 2.33 bits per heavy atom. The summed E-state index contributed by atoms with van der Waals surface area (Å²) in [5, 5.41) is 8.17. The SMILES string of the molecule is O=C(Nc1ccc(Br)cc1)N[C@@H](Cc1ccccc1)C(=O)NCP. The third-order valence-corrected chi connectivity index (χ3v) is 4.02. The van der Waals surface area contributed by atoms with Crippen molar-refractivity contribution in [1.82, 2.24) is 10.6 Å². The van der Waals surface area contributed by atoms with E-state index in [-0.39, 0.29) is 5.91 Å². The molecule has 0 heterocycles. The third kappa shape index (κ3) is 5.95. The van der Waals surface area contributed by atoms with Crippen molar-refractivity contribution in [2.45, 2.75) is 12.5 Å². The number of anilines is 1. The van der Waals surface area contributed by atoms with Gasteiger partial charge < -0.3 is 16.0 Å². The van der Waals surface area contributed by atoms with E-state index < -0.39 is 12.1 Å². The standard InChI is InChI=1S/C17H19BrN3O2P/c18-13-6-8-14(9-7-13)20-17(23)21-15(16(22)19-11-24)10-12-4-2-1-3-5-12/h1-9,15H,10-11,24H2,(H,19,22)(H2,20,21,23)/t15-/m0/s1. The molecule has 0 aromatic heterocycles. The van der Waals surface area contributed by atoms with Crippen molar-refractivity contribution < 1.29 is 9.59 Å². The smallest absolute Gasteiger partial charge is 0.319 e. The van der Waals surface area contributed by atoms with Crippen LogP contribution in [0.5, 0.6) is 0 Å². The number of rotatable bonds is 6. The molecule has 5 nitrogen and oxygen atoms in total.